The molecule has 2 aliphatic heterocycles. The molecular weight excluding hydrogens is 408 g/mol. The van der Waals surface area contributed by atoms with Crippen LogP contribution in [0.15, 0.2) is 32.0 Å². The van der Waals surface area contributed by atoms with Gasteiger partial charge in [-0.05, 0) is 59.9 Å². The summed E-state index contributed by atoms with van der Waals surface area (Å²) in [7, 11) is -3.47. The van der Waals surface area contributed by atoms with Gasteiger partial charge in [-0.1, -0.05) is 15.9 Å². The van der Waals surface area contributed by atoms with Gasteiger partial charge in [0, 0.05) is 27.6 Å². The Labute approximate surface area is 136 Å². The van der Waals surface area contributed by atoms with Crippen LogP contribution < -0.4 is 4.72 Å². The first-order valence-corrected chi connectivity index (χ1v) is 9.76. The van der Waals surface area contributed by atoms with Crippen LogP contribution in [0.2, 0.25) is 0 Å². The molecule has 0 radical (unpaired) electrons. The maximum atomic E-state index is 12.5. The number of hydrogen-bond donors (Lipinski definition) is 1. The van der Waals surface area contributed by atoms with Crippen LogP contribution in [0.1, 0.15) is 19.3 Å². The van der Waals surface area contributed by atoms with E-state index in [4.69, 9.17) is 0 Å². The molecule has 1 aromatic carbocycles. The van der Waals surface area contributed by atoms with Gasteiger partial charge in [0.2, 0.25) is 10.0 Å². The molecule has 7 heteroatoms. The number of sulfonamides is 1. The average Bonchev–Trinajstić information content (AvgIpc) is 2.93. The molecule has 110 valence electrons. The van der Waals surface area contributed by atoms with Crippen LogP contribution in [0.4, 0.5) is 0 Å². The van der Waals surface area contributed by atoms with Gasteiger partial charge in [0.05, 0.1) is 4.90 Å². The number of fused-ring (bicyclic) bond motifs is 1. The predicted molar refractivity (Wildman–Crippen MR) is 85.2 cm³/mol. The zero-order valence-corrected chi connectivity index (χ0v) is 14.8. The van der Waals surface area contributed by atoms with Crippen molar-refractivity contribution in [1.29, 1.82) is 0 Å². The summed E-state index contributed by atoms with van der Waals surface area (Å²) in [6.07, 6.45) is 3.16. The number of nitrogens with one attached hydrogen (secondary N) is 1. The summed E-state index contributed by atoms with van der Waals surface area (Å²) in [4.78, 5) is 2.70. The summed E-state index contributed by atoms with van der Waals surface area (Å²) in [5.74, 6) is 0. The summed E-state index contributed by atoms with van der Waals surface area (Å²) in [5, 5.41) is 0. The molecule has 2 atom stereocenters. The molecule has 0 bridgehead atoms. The molecule has 0 spiro atoms. The molecule has 2 unspecified atom stereocenters. The van der Waals surface area contributed by atoms with Crippen LogP contribution in [0, 0.1) is 0 Å². The van der Waals surface area contributed by atoms with E-state index in [0.29, 0.717) is 15.4 Å². The molecule has 2 aliphatic rings. The van der Waals surface area contributed by atoms with Crippen molar-refractivity contribution in [3.05, 3.63) is 27.1 Å². The predicted octanol–water partition coefficient (Wildman–Crippen LogP) is 2.73. The van der Waals surface area contributed by atoms with E-state index in [1.807, 2.05) is 0 Å². The molecule has 1 N–H and O–H groups in total. The van der Waals surface area contributed by atoms with Gasteiger partial charge in [-0.15, -0.1) is 0 Å². The van der Waals surface area contributed by atoms with Crippen molar-refractivity contribution in [2.24, 2.45) is 0 Å². The number of hydrogen-bond acceptors (Lipinski definition) is 3. The molecule has 3 rings (SSSR count). The third-order valence-electron chi connectivity index (χ3n) is 4.10. The van der Waals surface area contributed by atoms with Crippen molar-refractivity contribution in [1.82, 2.24) is 9.62 Å². The highest BCUT2D eigenvalue weighted by Crippen LogP contribution is 2.30. The maximum Gasteiger partial charge on any atom is 0.241 e. The normalized spacial score (nSPS) is 26.9. The molecule has 0 saturated carbocycles. The Morgan fingerprint density at radius 3 is 2.75 bits per heavy atom. The monoisotopic (exact) mass is 422 g/mol. The lowest BCUT2D eigenvalue weighted by molar-refractivity contribution is 0.309. The average molecular weight is 424 g/mol. The van der Waals surface area contributed by atoms with Gasteiger partial charge in [-0.25, -0.2) is 13.1 Å². The standard InChI is InChI=1S/C13H16Br2N2O2S/c14-9-3-4-13(10(15)8-9)20(18,19)16-11-5-7-17-6-1-2-12(11)17/h3-4,8,11-12,16H,1-2,5-7H2. The third kappa shape index (κ3) is 2.83. The lowest BCUT2D eigenvalue weighted by Crippen LogP contribution is -2.42. The topological polar surface area (TPSA) is 49.4 Å². The van der Waals surface area contributed by atoms with Gasteiger partial charge in [0.1, 0.15) is 0 Å². The quantitative estimate of drug-likeness (QED) is 0.812. The molecule has 4 nitrogen and oxygen atoms in total. The van der Waals surface area contributed by atoms with Crippen LogP contribution >= 0.6 is 31.9 Å². The Kier molecular flexibility index (Phi) is 4.25. The minimum absolute atomic E-state index is 0.0399. The van der Waals surface area contributed by atoms with E-state index >= 15 is 0 Å². The second kappa shape index (κ2) is 5.68. The molecule has 0 amide bonds. The van der Waals surface area contributed by atoms with E-state index in [1.54, 1.807) is 18.2 Å². The maximum absolute atomic E-state index is 12.5. The first kappa shape index (κ1) is 15.0. The van der Waals surface area contributed by atoms with Gasteiger partial charge in [-0.2, -0.15) is 0 Å². The molecular formula is C13H16Br2N2O2S. The molecule has 0 aromatic heterocycles. The van der Waals surface area contributed by atoms with Crippen molar-refractivity contribution in [3.8, 4) is 0 Å². The van der Waals surface area contributed by atoms with Crippen molar-refractivity contribution in [2.45, 2.75) is 36.2 Å². The van der Waals surface area contributed by atoms with Crippen LogP contribution in [0.3, 0.4) is 0 Å². The lowest BCUT2D eigenvalue weighted by atomic mass is 10.1. The third-order valence-corrected chi connectivity index (χ3v) is 7.06. The minimum Gasteiger partial charge on any atom is -0.299 e. The van der Waals surface area contributed by atoms with Crippen molar-refractivity contribution >= 4 is 41.9 Å². The second-order valence-electron chi connectivity index (χ2n) is 5.34. The van der Waals surface area contributed by atoms with E-state index in [-0.39, 0.29) is 6.04 Å². The number of benzene rings is 1. The Balaban J connectivity index is 1.82. The van der Waals surface area contributed by atoms with Gasteiger partial charge >= 0.3 is 0 Å². The lowest BCUT2D eigenvalue weighted by Gasteiger charge is -2.21. The smallest absolute Gasteiger partial charge is 0.241 e. The van der Waals surface area contributed by atoms with E-state index in [2.05, 4.69) is 41.5 Å². The van der Waals surface area contributed by atoms with E-state index in [9.17, 15) is 8.42 Å². The summed E-state index contributed by atoms with van der Waals surface area (Å²) in [6.45, 7) is 2.10. The van der Waals surface area contributed by atoms with Gasteiger partial charge in [0.25, 0.3) is 0 Å². The zero-order chi connectivity index (χ0) is 14.3. The molecule has 1 aromatic rings. The molecule has 20 heavy (non-hydrogen) atoms. The summed E-state index contributed by atoms with van der Waals surface area (Å²) < 4.78 is 29.4. The second-order valence-corrected chi connectivity index (χ2v) is 8.79. The van der Waals surface area contributed by atoms with Crippen molar-refractivity contribution in [2.75, 3.05) is 13.1 Å². The van der Waals surface area contributed by atoms with Gasteiger partial charge < -0.3 is 0 Å². The Hall–Kier alpha value is 0.0500. The highest BCUT2D eigenvalue weighted by Gasteiger charge is 2.39. The fourth-order valence-corrected chi connectivity index (χ4v) is 6.23. The minimum atomic E-state index is -3.47. The van der Waals surface area contributed by atoms with E-state index in [0.717, 1.165) is 30.4 Å². The Morgan fingerprint density at radius 1 is 1.20 bits per heavy atom. The Bertz CT molecular complexity index is 621. The molecule has 2 fully saturated rings. The number of nitrogens with zero attached hydrogens (tertiary/aromatic N) is 1. The summed E-state index contributed by atoms with van der Waals surface area (Å²) >= 11 is 6.67. The highest BCUT2D eigenvalue weighted by atomic mass is 79.9. The van der Waals surface area contributed by atoms with Gasteiger partial charge in [0.15, 0.2) is 0 Å². The van der Waals surface area contributed by atoms with Crippen LogP contribution in [-0.2, 0) is 10.0 Å². The first-order valence-electron chi connectivity index (χ1n) is 6.69. The van der Waals surface area contributed by atoms with Gasteiger partial charge in [-0.3, -0.25) is 4.90 Å². The van der Waals surface area contributed by atoms with E-state index in [1.165, 1.54) is 6.42 Å². The number of halogens is 2. The SMILES string of the molecule is O=S(=O)(NC1CCN2CCCC12)c1ccc(Br)cc1Br. The highest BCUT2D eigenvalue weighted by molar-refractivity contribution is 9.11. The first-order chi connectivity index (χ1) is 9.47. The van der Waals surface area contributed by atoms with Crippen LogP contribution in [-0.4, -0.2) is 38.5 Å². The van der Waals surface area contributed by atoms with Crippen LogP contribution in [0.25, 0.3) is 0 Å². The largest absolute Gasteiger partial charge is 0.299 e. The molecule has 2 heterocycles. The molecule has 2 saturated heterocycles. The zero-order valence-electron chi connectivity index (χ0n) is 10.9. The van der Waals surface area contributed by atoms with Crippen molar-refractivity contribution < 1.29 is 8.42 Å². The summed E-state index contributed by atoms with van der Waals surface area (Å²) in [5.41, 5.74) is 0. The fraction of sp³-hybridized carbons (Fsp3) is 0.538. The Morgan fingerprint density at radius 2 is 2.00 bits per heavy atom. The van der Waals surface area contributed by atoms with Crippen LogP contribution in [0.5, 0.6) is 0 Å². The van der Waals surface area contributed by atoms with E-state index < -0.39 is 10.0 Å². The van der Waals surface area contributed by atoms with Crippen molar-refractivity contribution in [3.63, 3.8) is 0 Å². The number of rotatable bonds is 3. The molecule has 0 aliphatic carbocycles. The fourth-order valence-electron chi connectivity index (χ4n) is 3.18. The summed E-state index contributed by atoms with van der Waals surface area (Å²) in [6, 6.07) is 5.54.